The van der Waals surface area contributed by atoms with Gasteiger partial charge in [-0.1, -0.05) is 0 Å². The number of aliphatic hydroxyl groups is 1. The first-order valence-corrected chi connectivity index (χ1v) is 6.61. The molecule has 0 aliphatic rings. The summed E-state index contributed by atoms with van der Waals surface area (Å²) in [6.07, 6.45) is 0. The number of ether oxygens (including phenoxy) is 5. The van der Waals surface area contributed by atoms with E-state index in [-0.39, 0.29) is 6.61 Å². The van der Waals surface area contributed by atoms with Gasteiger partial charge in [-0.05, 0) is 0 Å². The van der Waals surface area contributed by atoms with Gasteiger partial charge in [-0.15, -0.1) is 0 Å². The monoisotopic (exact) mass is 281 g/mol. The zero-order chi connectivity index (χ0) is 14.0. The summed E-state index contributed by atoms with van der Waals surface area (Å²) < 4.78 is 26.0. The maximum atomic E-state index is 8.46. The van der Waals surface area contributed by atoms with E-state index in [0.29, 0.717) is 72.6 Å². The number of hydrogen-bond acceptors (Lipinski definition) is 7. The number of hydrogen-bond donors (Lipinski definition) is 2. The van der Waals surface area contributed by atoms with Crippen molar-refractivity contribution < 1.29 is 28.8 Å². The van der Waals surface area contributed by atoms with E-state index in [9.17, 15) is 0 Å². The van der Waals surface area contributed by atoms with Gasteiger partial charge >= 0.3 is 0 Å². The van der Waals surface area contributed by atoms with Gasteiger partial charge in [-0.25, -0.2) is 0 Å². The highest BCUT2D eigenvalue weighted by Crippen LogP contribution is 1.83. The van der Waals surface area contributed by atoms with Crippen LogP contribution in [0.1, 0.15) is 0 Å². The lowest BCUT2D eigenvalue weighted by Gasteiger charge is -2.07. The molecule has 116 valence electrons. The van der Waals surface area contributed by atoms with E-state index >= 15 is 0 Å². The van der Waals surface area contributed by atoms with Gasteiger partial charge in [0.25, 0.3) is 0 Å². The molecular weight excluding hydrogens is 254 g/mol. The van der Waals surface area contributed by atoms with E-state index in [1.807, 2.05) is 0 Å². The second kappa shape index (κ2) is 17.7. The lowest BCUT2D eigenvalue weighted by molar-refractivity contribution is -0.0128. The fraction of sp³-hybridized carbons (Fsp3) is 1.00. The van der Waals surface area contributed by atoms with Crippen LogP contribution in [-0.4, -0.2) is 84.3 Å². The molecule has 0 radical (unpaired) electrons. The van der Waals surface area contributed by atoms with Crippen molar-refractivity contribution in [1.29, 1.82) is 0 Å². The summed E-state index contributed by atoms with van der Waals surface area (Å²) in [6, 6.07) is 0. The van der Waals surface area contributed by atoms with Crippen LogP contribution in [0.4, 0.5) is 0 Å². The Balaban J connectivity index is 2.88. The van der Waals surface area contributed by atoms with Crippen molar-refractivity contribution in [1.82, 2.24) is 0 Å². The summed E-state index contributed by atoms with van der Waals surface area (Å²) in [5.41, 5.74) is 5.27. The van der Waals surface area contributed by atoms with Crippen molar-refractivity contribution >= 4 is 0 Å². The van der Waals surface area contributed by atoms with Gasteiger partial charge in [-0.3, -0.25) is 0 Å². The quantitative estimate of drug-likeness (QED) is 0.351. The highest BCUT2D eigenvalue weighted by molar-refractivity contribution is 4.36. The molecule has 0 aliphatic heterocycles. The molecule has 0 amide bonds. The van der Waals surface area contributed by atoms with E-state index in [4.69, 9.17) is 34.5 Å². The molecular formula is C12H27NO6. The van der Waals surface area contributed by atoms with E-state index < -0.39 is 0 Å². The van der Waals surface area contributed by atoms with Crippen LogP contribution < -0.4 is 5.73 Å². The van der Waals surface area contributed by atoms with Crippen molar-refractivity contribution in [3.63, 3.8) is 0 Å². The Kier molecular flexibility index (Phi) is 17.5. The molecule has 0 aliphatic carbocycles. The van der Waals surface area contributed by atoms with Gasteiger partial charge in [0.05, 0.1) is 72.7 Å². The zero-order valence-corrected chi connectivity index (χ0v) is 11.6. The largest absolute Gasteiger partial charge is 0.394 e. The van der Waals surface area contributed by atoms with Crippen LogP contribution in [0.15, 0.2) is 0 Å². The van der Waals surface area contributed by atoms with Gasteiger partial charge in [0.15, 0.2) is 0 Å². The normalized spacial score (nSPS) is 11.1. The van der Waals surface area contributed by atoms with Crippen LogP contribution in [0.5, 0.6) is 0 Å². The molecule has 7 nitrogen and oxygen atoms in total. The predicted octanol–water partition coefficient (Wildman–Crippen LogP) is -0.980. The lowest BCUT2D eigenvalue weighted by atomic mass is 10.7. The van der Waals surface area contributed by atoms with Crippen LogP contribution in [0.3, 0.4) is 0 Å². The van der Waals surface area contributed by atoms with Crippen molar-refractivity contribution in [3.05, 3.63) is 0 Å². The Labute approximate surface area is 114 Å². The molecule has 0 aromatic heterocycles. The molecule has 0 heterocycles. The summed E-state index contributed by atoms with van der Waals surface area (Å²) >= 11 is 0. The number of aliphatic hydroxyl groups excluding tert-OH is 1. The molecule has 0 rings (SSSR count). The molecule has 0 aromatic carbocycles. The Morgan fingerprint density at radius 2 is 0.842 bits per heavy atom. The molecule has 0 spiro atoms. The van der Waals surface area contributed by atoms with Gasteiger partial charge in [0, 0.05) is 6.54 Å². The average molecular weight is 281 g/mol. The summed E-state index contributed by atoms with van der Waals surface area (Å²) in [6.45, 7) is 5.78. The minimum absolute atomic E-state index is 0.0420. The molecule has 0 unspecified atom stereocenters. The maximum absolute atomic E-state index is 8.46. The minimum atomic E-state index is 0.0420. The molecule has 0 bridgehead atoms. The molecule has 0 aromatic rings. The molecule has 0 fully saturated rings. The van der Waals surface area contributed by atoms with Gasteiger partial charge in [-0.2, -0.15) is 0 Å². The Hall–Kier alpha value is -0.280. The molecule has 0 atom stereocenters. The molecule has 3 N–H and O–H groups in total. The standard InChI is InChI=1S/C12H27NO6/c13-1-3-15-5-7-17-9-11-19-12-10-18-8-6-16-4-2-14/h14H,1-13H2. The second-order valence-corrected chi connectivity index (χ2v) is 3.57. The van der Waals surface area contributed by atoms with E-state index in [1.54, 1.807) is 0 Å². The Morgan fingerprint density at radius 1 is 0.526 bits per heavy atom. The third-order valence-electron chi connectivity index (χ3n) is 1.99. The first-order valence-electron chi connectivity index (χ1n) is 6.61. The highest BCUT2D eigenvalue weighted by Gasteiger charge is 1.92. The zero-order valence-electron chi connectivity index (χ0n) is 11.6. The van der Waals surface area contributed by atoms with Gasteiger partial charge < -0.3 is 34.5 Å². The summed E-state index contributed by atoms with van der Waals surface area (Å²) in [5.74, 6) is 0. The fourth-order valence-corrected chi connectivity index (χ4v) is 1.13. The van der Waals surface area contributed by atoms with E-state index in [2.05, 4.69) is 0 Å². The summed E-state index contributed by atoms with van der Waals surface area (Å²) in [4.78, 5) is 0. The third-order valence-corrected chi connectivity index (χ3v) is 1.99. The summed E-state index contributed by atoms with van der Waals surface area (Å²) in [5, 5.41) is 8.46. The third kappa shape index (κ3) is 17.7. The van der Waals surface area contributed by atoms with Crippen LogP contribution in [0, 0.1) is 0 Å². The van der Waals surface area contributed by atoms with Crippen molar-refractivity contribution in [3.8, 4) is 0 Å². The second-order valence-electron chi connectivity index (χ2n) is 3.57. The highest BCUT2D eigenvalue weighted by atomic mass is 16.6. The first-order chi connectivity index (χ1) is 9.41. The fourth-order valence-electron chi connectivity index (χ4n) is 1.13. The van der Waals surface area contributed by atoms with Crippen molar-refractivity contribution in [2.45, 2.75) is 0 Å². The first kappa shape index (κ1) is 18.7. The SMILES string of the molecule is NCCOCCOCCOCCOCCOCCO. The number of rotatable bonds is 16. The van der Waals surface area contributed by atoms with Crippen LogP contribution in [0.25, 0.3) is 0 Å². The summed E-state index contributed by atoms with van der Waals surface area (Å²) in [7, 11) is 0. The van der Waals surface area contributed by atoms with E-state index in [0.717, 1.165) is 0 Å². The smallest absolute Gasteiger partial charge is 0.0701 e. The van der Waals surface area contributed by atoms with Gasteiger partial charge in [0.2, 0.25) is 0 Å². The molecule has 0 saturated carbocycles. The van der Waals surface area contributed by atoms with Crippen LogP contribution >= 0.6 is 0 Å². The molecule has 0 saturated heterocycles. The van der Waals surface area contributed by atoms with Crippen LogP contribution in [0.2, 0.25) is 0 Å². The number of nitrogens with two attached hydrogens (primary N) is 1. The molecule has 7 heteroatoms. The minimum Gasteiger partial charge on any atom is -0.394 e. The molecule has 19 heavy (non-hydrogen) atoms. The average Bonchev–Trinajstić information content (AvgIpc) is 2.43. The Morgan fingerprint density at radius 3 is 1.16 bits per heavy atom. The van der Waals surface area contributed by atoms with E-state index in [1.165, 1.54) is 0 Å². The topological polar surface area (TPSA) is 92.4 Å². The maximum Gasteiger partial charge on any atom is 0.0701 e. The van der Waals surface area contributed by atoms with Crippen molar-refractivity contribution in [2.75, 3.05) is 79.2 Å². The predicted molar refractivity (Wildman–Crippen MR) is 70.2 cm³/mol. The van der Waals surface area contributed by atoms with Gasteiger partial charge in [0.1, 0.15) is 0 Å². The lowest BCUT2D eigenvalue weighted by Crippen LogP contribution is -2.15. The Bertz CT molecular complexity index is 145. The van der Waals surface area contributed by atoms with Crippen molar-refractivity contribution in [2.24, 2.45) is 5.73 Å². The van der Waals surface area contributed by atoms with Crippen LogP contribution in [-0.2, 0) is 23.7 Å².